The summed E-state index contributed by atoms with van der Waals surface area (Å²) >= 11 is 3.12. The second-order valence-electron chi connectivity index (χ2n) is 5.39. The Kier molecular flexibility index (Phi) is 6.12. The van der Waals surface area contributed by atoms with Crippen LogP contribution in [0.5, 0.6) is 0 Å². The Morgan fingerprint density at radius 2 is 2.09 bits per heavy atom. The number of hydrogen-bond acceptors (Lipinski definition) is 5. The molecule has 0 bridgehead atoms. The molecule has 128 valence electrons. The van der Waals surface area contributed by atoms with Crippen LogP contribution in [0.25, 0.3) is 0 Å². The van der Waals surface area contributed by atoms with Gasteiger partial charge >= 0.3 is 0 Å². The summed E-state index contributed by atoms with van der Waals surface area (Å²) in [4.78, 5) is 10.1. The molecule has 1 aliphatic heterocycles. The smallest absolute Gasteiger partial charge is 0.290 e. The first-order valence-electron chi connectivity index (χ1n) is 7.42. The van der Waals surface area contributed by atoms with Crippen molar-refractivity contribution in [2.75, 3.05) is 19.7 Å². The van der Waals surface area contributed by atoms with Gasteiger partial charge in [-0.1, -0.05) is 35.7 Å². The molecule has 2 rings (SSSR count). The van der Waals surface area contributed by atoms with Gasteiger partial charge in [0, 0.05) is 30.2 Å². The van der Waals surface area contributed by atoms with Crippen LogP contribution in [-0.2, 0) is 14.8 Å². The summed E-state index contributed by atoms with van der Waals surface area (Å²) in [5.74, 6) is 0. The standard InChI is InChI=1S/C14H19BrN2O5S/c1-2-3-4-7-22-12-9-16(10-12)23(20,21)14-6-5-11(15)8-13(14)17(18)19/h5-6,8,12H,2-4,7,9-10H2,1H3. The number of nitro groups is 1. The van der Waals surface area contributed by atoms with Gasteiger partial charge in [0.1, 0.15) is 0 Å². The van der Waals surface area contributed by atoms with Gasteiger partial charge in [0.25, 0.3) is 5.69 Å². The van der Waals surface area contributed by atoms with Crippen molar-refractivity contribution in [3.05, 3.63) is 32.8 Å². The normalized spacial score (nSPS) is 16.3. The third kappa shape index (κ3) is 4.28. The molecule has 0 saturated carbocycles. The summed E-state index contributed by atoms with van der Waals surface area (Å²) in [6.45, 7) is 3.19. The number of ether oxygens (including phenoxy) is 1. The van der Waals surface area contributed by atoms with Crippen molar-refractivity contribution in [2.24, 2.45) is 0 Å². The SMILES string of the molecule is CCCCCOC1CN(S(=O)(=O)c2ccc(Br)cc2[N+](=O)[O-])C1. The molecule has 1 heterocycles. The van der Waals surface area contributed by atoms with Crippen LogP contribution in [0.2, 0.25) is 0 Å². The van der Waals surface area contributed by atoms with Crippen molar-refractivity contribution < 1.29 is 18.1 Å². The average Bonchev–Trinajstić information content (AvgIpc) is 2.44. The van der Waals surface area contributed by atoms with Gasteiger partial charge in [-0.3, -0.25) is 10.1 Å². The quantitative estimate of drug-likeness (QED) is 0.376. The van der Waals surface area contributed by atoms with E-state index in [0.29, 0.717) is 11.1 Å². The van der Waals surface area contributed by atoms with E-state index in [-0.39, 0.29) is 24.1 Å². The van der Waals surface area contributed by atoms with Gasteiger partial charge in [0.15, 0.2) is 4.90 Å². The Balaban J connectivity index is 2.03. The number of sulfonamides is 1. The van der Waals surface area contributed by atoms with E-state index in [0.717, 1.165) is 19.3 Å². The van der Waals surface area contributed by atoms with Crippen molar-refractivity contribution in [1.82, 2.24) is 4.31 Å². The van der Waals surface area contributed by atoms with Gasteiger partial charge in [-0.2, -0.15) is 4.31 Å². The molecule has 0 N–H and O–H groups in total. The molecule has 1 fully saturated rings. The lowest BCUT2D eigenvalue weighted by Gasteiger charge is -2.37. The van der Waals surface area contributed by atoms with Crippen LogP contribution in [0.4, 0.5) is 5.69 Å². The largest absolute Gasteiger partial charge is 0.375 e. The van der Waals surface area contributed by atoms with Crippen molar-refractivity contribution >= 4 is 31.6 Å². The number of benzene rings is 1. The highest BCUT2D eigenvalue weighted by atomic mass is 79.9. The fourth-order valence-electron chi connectivity index (χ4n) is 2.29. The van der Waals surface area contributed by atoms with E-state index in [9.17, 15) is 18.5 Å². The van der Waals surface area contributed by atoms with Crippen LogP contribution < -0.4 is 0 Å². The van der Waals surface area contributed by atoms with Crippen molar-refractivity contribution in [1.29, 1.82) is 0 Å². The molecule has 1 aromatic rings. The molecule has 7 nitrogen and oxygen atoms in total. The number of nitrogens with zero attached hydrogens (tertiary/aromatic N) is 2. The van der Waals surface area contributed by atoms with Gasteiger partial charge in [0.2, 0.25) is 10.0 Å². The predicted octanol–water partition coefficient (Wildman–Crippen LogP) is 2.94. The zero-order valence-corrected chi connectivity index (χ0v) is 15.2. The minimum Gasteiger partial charge on any atom is -0.375 e. The summed E-state index contributed by atoms with van der Waals surface area (Å²) < 4.78 is 32.3. The highest BCUT2D eigenvalue weighted by molar-refractivity contribution is 9.10. The van der Waals surface area contributed by atoms with Crippen LogP contribution in [-0.4, -0.2) is 43.4 Å². The van der Waals surface area contributed by atoms with Crippen LogP contribution >= 0.6 is 15.9 Å². The second kappa shape index (κ2) is 7.69. The Morgan fingerprint density at radius 3 is 2.70 bits per heavy atom. The molecule has 1 aromatic carbocycles. The maximum Gasteiger partial charge on any atom is 0.290 e. The summed E-state index contributed by atoms with van der Waals surface area (Å²) in [7, 11) is -3.87. The highest BCUT2D eigenvalue weighted by Gasteiger charge is 2.40. The molecular weight excluding hydrogens is 388 g/mol. The fraction of sp³-hybridized carbons (Fsp3) is 0.571. The second-order valence-corrected chi connectivity index (χ2v) is 8.21. The first-order valence-corrected chi connectivity index (χ1v) is 9.65. The number of hydrogen-bond donors (Lipinski definition) is 0. The molecule has 9 heteroatoms. The average molecular weight is 407 g/mol. The van der Waals surface area contributed by atoms with E-state index in [1.54, 1.807) is 0 Å². The molecule has 0 atom stereocenters. The summed E-state index contributed by atoms with van der Waals surface area (Å²) in [6, 6.07) is 3.94. The molecule has 1 saturated heterocycles. The zero-order chi connectivity index (χ0) is 17.0. The van der Waals surface area contributed by atoms with Crippen molar-refractivity contribution in [2.45, 2.75) is 37.2 Å². The predicted molar refractivity (Wildman–Crippen MR) is 88.8 cm³/mol. The lowest BCUT2D eigenvalue weighted by atomic mass is 10.2. The van der Waals surface area contributed by atoms with Gasteiger partial charge in [0.05, 0.1) is 11.0 Å². The maximum absolute atomic E-state index is 12.5. The summed E-state index contributed by atoms with van der Waals surface area (Å²) in [5, 5.41) is 11.1. The fourth-order valence-corrected chi connectivity index (χ4v) is 4.28. The molecule has 0 aromatic heterocycles. The van der Waals surface area contributed by atoms with Gasteiger partial charge in [-0.25, -0.2) is 8.42 Å². The Bertz CT molecular complexity index is 674. The maximum atomic E-state index is 12.5. The number of rotatable bonds is 8. The molecule has 0 spiro atoms. The zero-order valence-electron chi connectivity index (χ0n) is 12.8. The number of halogens is 1. The lowest BCUT2D eigenvalue weighted by Crippen LogP contribution is -2.54. The van der Waals surface area contributed by atoms with E-state index < -0.39 is 20.6 Å². The molecule has 0 radical (unpaired) electrons. The molecule has 0 unspecified atom stereocenters. The van der Waals surface area contributed by atoms with E-state index in [1.807, 2.05) is 0 Å². The first kappa shape index (κ1) is 18.3. The Labute approximate surface area is 143 Å². The Morgan fingerprint density at radius 1 is 1.39 bits per heavy atom. The van der Waals surface area contributed by atoms with Crippen LogP contribution in [0.1, 0.15) is 26.2 Å². The van der Waals surface area contributed by atoms with Crippen molar-refractivity contribution in [3.8, 4) is 0 Å². The third-order valence-corrected chi connectivity index (χ3v) is 6.02. The topological polar surface area (TPSA) is 89.8 Å². The lowest BCUT2D eigenvalue weighted by molar-refractivity contribution is -0.388. The highest BCUT2D eigenvalue weighted by Crippen LogP contribution is 2.32. The van der Waals surface area contributed by atoms with Crippen molar-refractivity contribution in [3.63, 3.8) is 0 Å². The monoisotopic (exact) mass is 406 g/mol. The Hall–Kier alpha value is -1.03. The van der Waals surface area contributed by atoms with Crippen LogP contribution in [0.15, 0.2) is 27.6 Å². The van der Waals surface area contributed by atoms with E-state index in [2.05, 4.69) is 22.9 Å². The molecule has 0 aliphatic carbocycles. The number of unbranched alkanes of at least 4 members (excludes halogenated alkanes) is 2. The molecule has 0 amide bonds. The van der Waals surface area contributed by atoms with Gasteiger partial charge in [-0.15, -0.1) is 0 Å². The molecular formula is C14H19BrN2O5S. The summed E-state index contributed by atoms with van der Waals surface area (Å²) in [5.41, 5.74) is -0.424. The van der Waals surface area contributed by atoms with E-state index in [4.69, 9.17) is 4.74 Å². The van der Waals surface area contributed by atoms with Crippen LogP contribution in [0, 0.1) is 10.1 Å². The van der Waals surface area contributed by atoms with E-state index >= 15 is 0 Å². The summed E-state index contributed by atoms with van der Waals surface area (Å²) in [6.07, 6.45) is 3.01. The molecule has 23 heavy (non-hydrogen) atoms. The third-order valence-electron chi connectivity index (χ3n) is 3.65. The molecule has 1 aliphatic rings. The minimum absolute atomic E-state index is 0.129. The van der Waals surface area contributed by atoms with Gasteiger partial charge < -0.3 is 4.74 Å². The van der Waals surface area contributed by atoms with E-state index in [1.165, 1.54) is 22.5 Å². The minimum atomic E-state index is -3.87. The van der Waals surface area contributed by atoms with Crippen LogP contribution in [0.3, 0.4) is 0 Å². The number of nitro benzene ring substituents is 1. The van der Waals surface area contributed by atoms with Gasteiger partial charge in [-0.05, 0) is 18.6 Å². The first-order chi connectivity index (χ1) is 10.9.